The van der Waals surface area contributed by atoms with Crippen molar-refractivity contribution in [2.24, 2.45) is 0 Å². The van der Waals surface area contributed by atoms with Gasteiger partial charge >= 0.3 is 5.97 Å². The summed E-state index contributed by atoms with van der Waals surface area (Å²) in [6.45, 7) is 7.15. The zero-order chi connectivity index (χ0) is 16.9. The van der Waals surface area contributed by atoms with E-state index < -0.39 is 0 Å². The van der Waals surface area contributed by atoms with Gasteiger partial charge in [0, 0.05) is 24.2 Å². The van der Waals surface area contributed by atoms with E-state index in [1.165, 1.54) is 0 Å². The molecule has 2 saturated heterocycles. The molecule has 1 aromatic heterocycles. The number of ether oxygens (including phenoxy) is 1. The van der Waals surface area contributed by atoms with Crippen LogP contribution >= 0.6 is 0 Å². The second-order valence-electron chi connectivity index (χ2n) is 6.68. The van der Waals surface area contributed by atoms with Gasteiger partial charge in [-0.15, -0.1) is 0 Å². The number of hydrogen-bond acceptors (Lipinski definition) is 6. The van der Waals surface area contributed by atoms with Crippen LogP contribution in [0.4, 0.5) is 5.82 Å². The molecule has 2 aliphatic rings. The molecule has 24 heavy (non-hydrogen) atoms. The molecule has 0 aliphatic carbocycles. The lowest BCUT2D eigenvalue weighted by Gasteiger charge is -2.35. The number of hydrogen-bond donors (Lipinski definition) is 1. The Bertz CT molecular complexity index is 572. The Morgan fingerprint density at radius 3 is 2.83 bits per heavy atom. The van der Waals surface area contributed by atoms with Crippen molar-refractivity contribution in [2.45, 2.75) is 57.9 Å². The van der Waals surface area contributed by atoms with Crippen LogP contribution in [0.1, 0.15) is 56.5 Å². The summed E-state index contributed by atoms with van der Waals surface area (Å²) < 4.78 is 5.28. The molecule has 3 rings (SSSR count). The predicted molar refractivity (Wildman–Crippen MR) is 93.2 cm³/mol. The van der Waals surface area contributed by atoms with Crippen molar-refractivity contribution in [3.8, 4) is 0 Å². The van der Waals surface area contributed by atoms with Crippen molar-refractivity contribution < 1.29 is 9.53 Å². The summed E-state index contributed by atoms with van der Waals surface area (Å²) in [5.74, 6) is 2.03. The summed E-state index contributed by atoms with van der Waals surface area (Å²) in [6, 6.07) is 1.88. The van der Waals surface area contributed by atoms with E-state index in [0.29, 0.717) is 12.5 Å². The molecule has 0 radical (unpaired) electrons. The fourth-order valence-electron chi connectivity index (χ4n) is 3.74. The molecule has 1 atom stereocenters. The van der Waals surface area contributed by atoms with E-state index >= 15 is 0 Å². The summed E-state index contributed by atoms with van der Waals surface area (Å²) in [5, 5.41) is 3.40. The summed E-state index contributed by atoms with van der Waals surface area (Å²) in [6.07, 6.45) is 5.20. The van der Waals surface area contributed by atoms with Gasteiger partial charge in [-0.2, -0.15) is 0 Å². The predicted octanol–water partition coefficient (Wildman–Crippen LogP) is 2.17. The first-order chi connectivity index (χ1) is 11.7. The highest BCUT2D eigenvalue weighted by atomic mass is 16.5. The molecule has 6 heteroatoms. The third-order valence-electron chi connectivity index (χ3n) is 4.96. The fraction of sp³-hybridized carbons (Fsp3) is 0.722. The second-order valence-corrected chi connectivity index (χ2v) is 6.68. The lowest BCUT2D eigenvalue weighted by Crippen LogP contribution is -2.46. The summed E-state index contributed by atoms with van der Waals surface area (Å²) in [7, 11) is 0. The van der Waals surface area contributed by atoms with Gasteiger partial charge in [-0.25, -0.2) is 14.8 Å². The molecule has 1 N–H and O–H groups in total. The third-order valence-corrected chi connectivity index (χ3v) is 4.96. The number of esters is 1. The maximum Gasteiger partial charge on any atom is 0.328 e. The Balaban J connectivity index is 1.85. The summed E-state index contributed by atoms with van der Waals surface area (Å²) in [5.41, 5.74) is 1.12. The van der Waals surface area contributed by atoms with Crippen LogP contribution in [0.25, 0.3) is 0 Å². The maximum atomic E-state index is 12.3. The second kappa shape index (κ2) is 7.92. The number of aromatic nitrogens is 2. The Morgan fingerprint density at radius 1 is 1.29 bits per heavy atom. The van der Waals surface area contributed by atoms with E-state index in [0.717, 1.165) is 69.1 Å². The molecular weight excluding hydrogens is 304 g/mol. The Morgan fingerprint density at radius 2 is 2.08 bits per heavy atom. The number of carbonyl (C=O) groups is 1. The minimum Gasteiger partial charge on any atom is -0.464 e. The van der Waals surface area contributed by atoms with Gasteiger partial charge in [0.05, 0.1) is 6.61 Å². The van der Waals surface area contributed by atoms with Crippen LogP contribution in [0.15, 0.2) is 6.07 Å². The van der Waals surface area contributed by atoms with Crippen LogP contribution in [-0.4, -0.2) is 48.2 Å². The molecule has 0 bridgehead atoms. The molecule has 0 spiro atoms. The summed E-state index contributed by atoms with van der Waals surface area (Å²) in [4.78, 5) is 23.8. The van der Waals surface area contributed by atoms with Gasteiger partial charge in [0.25, 0.3) is 0 Å². The number of piperidine rings is 2. The van der Waals surface area contributed by atoms with E-state index in [1.54, 1.807) is 0 Å². The lowest BCUT2D eigenvalue weighted by atomic mass is 9.94. The van der Waals surface area contributed by atoms with Crippen LogP contribution < -0.4 is 10.2 Å². The van der Waals surface area contributed by atoms with E-state index in [-0.39, 0.29) is 12.0 Å². The minimum absolute atomic E-state index is 0.128. The molecule has 0 saturated carbocycles. The number of nitrogens with one attached hydrogen (secondary N) is 1. The van der Waals surface area contributed by atoms with Crippen molar-refractivity contribution in [3.05, 3.63) is 17.6 Å². The highest BCUT2D eigenvalue weighted by Crippen LogP contribution is 2.29. The first-order valence-electron chi connectivity index (χ1n) is 9.18. The highest BCUT2D eigenvalue weighted by molar-refractivity contribution is 5.80. The topological polar surface area (TPSA) is 67.3 Å². The van der Waals surface area contributed by atoms with Crippen LogP contribution in [0, 0.1) is 6.92 Å². The average molecular weight is 332 g/mol. The molecule has 2 aliphatic heterocycles. The number of nitrogens with zero attached hydrogens (tertiary/aromatic N) is 3. The molecular formula is C18H28N4O2. The zero-order valence-electron chi connectivity index (χ0n) is 14.8. The quantitative estimate of drug-likeness (QED) is 0.853. The van der Waals surface area contributed by atoms with Gasteiger partial charge in [-0.05, 0) is 59.0 Å². The smallest absolute Gasteiger partial charge is 0.328 e. The van der Waals surface area contributed by atoms with Gasteiger partial charge in [0.2, 0.25) is 0 Å². The first kappa shape index (κ1) is 17.1. The van der Waals surface area contributed by atoms with E-state index in [1.807, 2.05) is 13.8 Å². The largest absolute Gasteiger partial charge is 0.464 e. The third kappa shape index (κ3) is 3.86. The average Bonchev–Trinajstić information content (AvgIpc) is 2.62. The zero-order valence-corrected chi connectivity index (χ0v) is 14.8. The number of aryl methyl sites for hydroxylation is 1. The molecule has 0 aromatic carbocycles. The van der Waals surface area contributed by atoms with Crippen molar-refractivity contribution in [2.75, 3.05) is 31.1 Å². The Labute approximate surface area is 144 Å². The van der Waals surface area contributed by atoms with Gasteiger partial charge in [0.1, 0.15) is 17.7 Å². The van der Waals surface area contributed by atoms with Gasteiger partial charge in [-0.1, -0.05) is 0 Å². The highest BCUT2D eigenvalue weighted by Gasteiger charge is 2.31. The molecule has 0 unspecified atom stereocenters. The van der Waals surface area contributed by atoms with Gasteiger partial charge in [-0.3, -0.25) is 0 Å². The SMILES string of the molecule is CCOC(=O)[C@@H]1CCCCN1c1cc(C2CCNCC2)nc(C)n1. The van der Waals surface area contributed by atoms with Crippen LogP contribution in [0.3, 0.4) is 0 Å². The van der Waals surface area contributed by atoms with Crippen LogP contribution in [-0.2, 0) is 9.53 Å². The fourth-order valence-corrected chi connectivity index (χ4v) is 3.74. The van der Waals surface area contributed by atoms with Gasteiger partial charge < -0.3 is 15.0 Å². The Hall–Kier alpha value is -1.69. The molecule has 1 aromatic rings. The van der Waals surface area contributed by atoms with Crippen molar-refractivity contribution >= 4 is 11.8 Å². The normalized spacial score (nSPS) is 22.4. The van der Waals surface area contributed by atoms with E-state index in [4.69, 9.17) is 4.74 Å². The maximum absolute atomic E-state index is 12.3. The lowest BCUT2D eigenvalue weighted by molar-refractivity contribution is -0.145. The standard InChI is InChI=1S/C18H28N4O2/c1-3-24-18(23)16-6-4-5-11-22(16)17-12-15(20-13(2)21-17)14-7-9-19-10-8-14/h12,14,16,19H,3-11H2,1-2H3/t16-/m0/s1. The summed E-state index contributed by atoms with van der Waals surface area (Å²) >= 11 is 0. The van der Waals surface area contributed by atoms with Crippen molar-refractivity contribution in [1.82, 2.24) is 15.3 Å². The molecule has 6 nitrogen and oxygen atoms in total. The Kier molecular flexibility index (Phi) is 5.66. The van der Waals surface area contributed by atoms with Crippen LogP contribution in [0.2, 0.25) is 0 Å². The molecule has 3 heterocycles. The molecule has 2 fully saturated rings. The molecule has 0 amide bonds. The van der Waals surface area contributed by atoms with E-state index in [9.17, 15) is 4.79 Å². The van der Waals surface area contributed by atoms with Gasteiger partial charge in [0.15, 0.2) is 0 Å². The molecule has 132 valence electrons. The van der Waals surface area contributed by atoms with Crippen LogP contribution in [0.5, 0.6) is 0 Å². The van der Waals surface area contributed by atoms with Crippen molar-refractivity contribution in [3.63, 3.8) is 0 Å². The monoisotopic (exact) mass is 332 g/mol. The minimum atomic E-state index is -0.214. The number of rotatable bonds is 4. The van der Waals surface area contributed by atoms with Crippen molar-refractivity contribution in [1.29, 1.82) is 0 Å². The number of carbonyl (C=O) groups excluding carboxylic acids is 1. The van der Waals surface area contributed by atoms with E-state index in [2.05, 4.69) is 26.3 Å². The number of anilines is 1. The first-order valence-corrected chi connectivity index (χ1v) is 9.18.